The zero-order valence-electron chi connectivity index (χ0n) is 10.9. The lowest BCUT2D eigenvalue weighted by Crippen LogP contribution is -2.14. The van der Waals surface area contributed by atoms with Crippen LogP contribution in [0.5, 0.6) is 0 Å². The van der Waals surface area contributed by atoms with E-state index in [1.165, 1.54) is 17.7 Å². The van der Waals surface area contributed by atoms with Crippen LogP contribution < -0.4 is 5.32 Å². The highest BCUT2D eigenvalue weighted by atomic mass is 35.5. The average Bonchev–Trinajstić information content (AvgIpc) is 2.42. The third-order valence-electron chi connectivity index (χ3n) is 3.50. The fourth-order valence-electron chi connectivity index (χ4n) is 2.41. The Hall–Kier alpha value is -1.61. The summed E-state index contributed by atoms with van der Waals surface area (Å²) >= 11 is 5.86. The van der Waals surface area contributed by atoms with E-state index in [9.17, 15) is 0 Å². The van der Waals surface area contributed by atoms with Crippen molar-refractivity contribution in [2.24, 2.45) is 5.92 Å². The van der Waals surface area contributed by atoms with Crippen molar-refractivity contribution in [1.29, 1.82) is 0 Å². The van der Waals surface area contributed by atoms with Crippen molar-refractivity contribution in [3.8, 4) is 0 Å². The molecular formula is C15H16ClN3. The summed E-state index contributed by atoms with van der Waals surface area (Å²) in [5.41, 5.74) is 3.43. The number of anilines is 2. The lowest BCUT2D eigenvalue weighted by Gasteiger charge is -2.20. The molecule has 1 aromatic carbocycles. The van der Waals surface area contributed by atoms with Gasteiger partial charge in [0.1, 0.15) is 0 Å². The normalized spacial score (nSPS) is 17.9. The maximum absolute atomic E-state index is 5.86. The summed E-state index contributed by atoms with van der Waals surface area (Å²) in [6.45, 7) is 2.28. The van der Waals surface area contributed by atoms with Crippen molar-refractivity contribution in [2.45, 2.75) is 26.2 Å². The highest BCUT2D eigenvalue weighted by molar-refractivity contribution is 6.30. The molecule has 0 bridgehead atoms. The Bertz CT molecular complexity index is 580. The van der Waals surface area contributed by atoms with Crippen molar-refractivity contribution in [3.05, 3.63) is 46.7 Å². The summed E-state index contributed by atoms with van der Waals surface area (Å²) in [5.74, 6) is 1.40. The van der Waals surface area contributed by atoms with Gasteiger partial charge in [-0.2, -0.15) is 0 Å². The predicted molar refractivity (Wildman–Crippen MR) is 78.0 cm³/mol. The number of hydrogen-bond donors (Lipinski definition) is 1. The molecule has 0 saturated heterocycles. The monoisotopic (exact) mass is 273 g/mol. The van der Waals surface area contributed by atoms with Crippen LogP contribution in [0.15, 0.2) is 30.5 Å². The van der Waals surface area contributed by atoms with Crippen molar-refractivity contribution in [2.75, 3.05) is 5.32 Å². The number of rotatable bonds is 2. The Morgan fingerprint density at radius 2 is 2.05 bits per heavy atom. The quantitative estimate of drug-likeness (QED) is 0.899. The van der Waals surface area contributed by atoms with E-state index in [1.54, 1.807) is 0 Å². The molecule has 1 aliphatic carbocycles. The second kappa shape index (κ2) is 5.17. The van der Waals surface area contributed by atoms with Gasteiger partial charge in [0, 0.05) is 22.6 Å². The molecule has 19 heavy (non-hydrogen) atoms. The van der Waals surface area contributed by atoms with Gasteiger partial charge in [-0.3, -0.25) is 0 Å². The van der Waals surface area contributed by atoms with E-state index in [-0.39, 0.29) is 0 Å². The molecule has 1 aromatic heterocycles. The third kappa shape index (κ3) is 2.87. The van der Waals surface area contributed by atoms with E-state index < -0.39 is 0 Å². The number of aromatic nitrogens is 2. The lowest BCUT2D eigenvalue weighted by molar-refractivity contribution is 0.492. The first-order chi connectivity index (χ1) is 9.20. The molecule has 0 spiro atoms. The van der Waals surface area contributed by atoms with Crippen molar-refractivity contribution in [1.82, 2.24) is 9.97 Å². The second-order valence-corrected chi connectivity index (χ2v) is 5.58. The van der Waals surface area contributed by atoms with Gasteiger partial charge in [0.25, 0.3) is 0 Å². The summed E-state index contributed by atoms with van der Waals surface area (Å²) in [6, 6.07) is 7.55. The Morgan fingerprint density at radius 1 is 1.26 bits per heavy atom. The molecule has 0 fully saturated rings. The summed E-state index contributed by atoms with van der Waals surface area (Å²) in [7, 11) is 0. The molecule has 1 atom stereocenters. The van der Waals surface area contributed by atoms with Crippen LogP contribution in [0.25, 0.3) is 0 Å². The fourth-order valence-corrected chi connectivity index (χ4v) is 2.54. The Kier molecular flexibility index (Phi) is 3.38. The van der Waals surface area contributed by atoms with E-state index in [0.717, 1.165) is 29.5 Å². The number of fused-ring (bicyclic) bond motifs is 1. The van der Waals surface area contributed by atoms with Crippen molar-refractivity contribution < 1.29 is 0 Å². The highest BCUT2D eigenvalue weighted by Crippen LogP contribution is 2.24. The molecule has 1 aliphatic rings. The number of benzene rings is 1. The third-order valence-corrected chi connectivity index (χ3v) is 3.75. The van der Waals surface area contributed by atoms with Gasteiger partial charge in [-0.1, -0.05) is 18.5 Å². The van der Waals surface area contributed by atoms with Crippen LogP contribution in [-0.2, 0) is 12.8 Å². The minimum atomic E-state index is 0.663. The average molecular weight is 274 g/mol. The van der Waals surface area contributed by atoms with Crippen LogP contribution >= 0.6 is 11.6 Å². The van der Waals surface area contributed by atoms with Gasteiger partial charge in [-0.15, -0.1) is 0 Å². The minimum Gasteiger partial charge on any atom is -0.324 e. The van der Waals surface area contributed by atoms with Gasteiger partial charge < -0.3 is 5.32 Å². The molecule has 1 N–H and O–H groups in total. The fraction of sp³-hybridized carbons (Fsp3) is 0.333. The SMILES string of the molecule is CC1CCc2nc(Nc3ccc(Cl)cc3)ncc2C1. The van der Waals surface area contributed by atoms with Crippen molar-refractivity contribution >= 4 is 23.2 Å². The summed E-state index contributed by atoms with van der Waals surface area (Å²) < 4.78 is 0. The number of aryl methyl sites for hydroxylation is 1. The Balaban J connectivity index is 1.80. The lowest BCUT2D eigenvalue weighted by atomic mass is 9.89. The molecule has 98 valence electrons. The molecular weight excluding hydrogens is 258 g/mol. The molecule has 1 heterocycles. The first-order valence-corrected chi connectivity index (χ1v) is 6.96. The molecule has 1 unspecified atom stereocenters. The summed E-state index contributed by atoms with van der Waals surface area (Å²) in [4.78, 5) is 9.00. The van der Waals surface area contributed by atoms with Crippen LogP contribution in [0.3, 0.4) is 0 Å². The topological polar surface area (TPSA) is 37.8 Å². The largest absolute Gasteiger partial charge is 0.324 e. The Morgan fingerprint density at radius 3 is 2.84 bits per heavy atom. The molecule has 0 saturated carbocycles. The standard InChI is InChI=1S/C15H16ClN3/c1-10-2-7-14-11(8-10)9-17-15(19-14)18-13-5-3-12(16)4-6-13/h3-6,9-10H,2,7-8H2,1H3,(H,17,18,19). The van der Waals surface area contributed by atoms with Crippen molar-refractivity contribution in [3.63, 3.8) is 0 Å². The van der Waals surface area contributed by atoms with Gasteiger partial charge >= 0.3 is 0 Å². The number of nitrogens with zero attached hydrogens (tertiary/aromatic N) is 2. The van der Waals surface area contributed by atoms with Gasteiger partial charge in [0.05, 0.1) is 0 Å². The van der Waals surface area contributed by atoms with Gasteiger partial charge in [0.15, 0.2) is 0 Å². The first-order valence-electron chi connectivity index (χ1n) is 6.58. The second-order valence-electron chi connectivity index (χ2n) is 5.15. The minimum absolute atomic E-state index is 0.663. The molecule has 2 aromatic rings. The van der Waals surface area contributed by atoms with Crippen LogP contribution in [0.2, 0.25) is 5.02 Å². The smallest absolute Gasteiger partial charge is 0.227 e. The zero-order chi connectivity index (χ0) is 13.2. The van der Waals surface area contributed by atoms with Gasteiger partial charge in [-0.05, 0) is 55.0 Å². The Labute approximate surface area is 118 Å². The molecule has 0 aliphatic heterocycles. The molecule has 3 nitrogen and oxygen atoms in total. The van der Waals surface area contributed by atoms with Gasteiger partial charge in [-0.25, -0.2) is 9.97 Å². The number of hydrogen-bond acceptors (Lipinski definition) is 3. The van der Waals surface area contributed by atoms with E-state index in [2.05, 4.69) is 22.2 Å². The first kappa shape index (κ1) is 12.4. The van der Waals surface area contributed by atoms with E-state index >= 15 is 0 Å². The maximum Gasteiger partial charge on any atom is 0.227 e. The van der Waals surface area contributed by atoms with Gasteiger partial charge in [0.2, 0.25) is 5.95 Å². The zero-order valence-corrected chi connectivity index (χ0v) is 11.6. The van der Waals surface area contributed by atoms with E-state index in [0.29, 0.717) is 5.95 Å². The van der Waals surface area contributed by atoms with Crippen LogP contribution in [0.4, 0.5) is 11.6 Å². The highest BCUT2D eigenvalue weighted by Gasteiger charge is 2.17. The van der Waals surface area contributed by atoms with Crippen LogP contribution in [-0.4, -0.2) is 9.97 Å². The molecule has 3 rings (SSSR count). The van der Waals surface area contributed by atoms with Crippen LogP contribution in [0, 0.1) is 5.92 Å². The van der Waals surface area contributed by atoms with E-state index in [4.69, 9.17) is 11.6 Å². The maximum atomic E-state index is 5.86. The predicted octanol–water partition coefficient (Wildman–Crippen LogP) is 4.00. The summed E-state index contributed by atoms with van der Waals surface area (Å²) in [5, 5.41) is 3.94. The molecule has 0 radical (unpaired) electrons. The van der Waals surface area contributed by atoms with Crippen LogP contribution in [0.1, 0.15) is 24.6 Å². The number of nitrogens with one attached hydrogen (secondary N) is 1. The molecule has 0 amide bonds. The summed E-state index contributed by atoms with van der Waals surface area (Å²) in [6.07, 6.45) is 5.31. The van der Waals surface area contributed by atoms with E-state index in [1.807, 2.05) is 30.5 Å². The molecule has 4 heteroatoms. The number of halogens is 1.